The zero-order chi connectivity index (χ0) is 18.2. The monoisotopic (exact) mass is 364 g/mol. The topological polar surface area (TPSA) is 37.3 Å². The van der Waals surface area contributed by atoms with E-state index in [1.807, 2.05) is 0 Å². The maximum atomic E-state index is 14.2. The molecule has 0 heterocycles. The minimum atomic E-state index is -6.24. The molecule has 0 amide bonds. The van der Waals surface area contributed by atoms with Crippen LogP contribution >= 0.6 is 11.8 Å². The van der Waals surface area contributed by atoms with E-state index in [4.69, 9.17) is 5.11 Å². The molecule has 1 aromatic rings. The summed E-state index contributed by atoms with van der Waals surface area (Å²) in [5.41, 5.74) is -7.98. The van der Waals surface area contributed by atoms with Gasteiger partial charge in [0.1, 0.15) is 0 Å². The van der Waals surface area contributed by atoms with Crippen LogP contribution in [0.1, 0.15) is 28.4 Å². The fourth-order valence-corrected chi connectivity index (χ4v) is 3.08. The molecule has 0 unspecified atom stereocenters. The third-order valence-corrected chi connectivity index (χ3v) is 4.08. The molecule has 0 aliphatic rings. The Balaban J connectivity index is 3.87. The summed E-state index contributed by atoms with van der Waals surface area (Å²) >= 11 is 0.434. The smallest absolute Gasteiger partial charge is 0.435 e. The highest BCUT2D eigenvalue weighted by Gasteiger charge is 2.74. The van der Waals surface area contributed by atoms with Crippen LogP contribution in [-0.2, 0) is 12.1 Å². The van der Waals surface area contributed by atoms with Crippen LogP contribution in [0.3, 0.4) is 0 Å². The van der Waals surface area contributed by atoms with Crippen LogP contribution in [0, 0.1) is 0 Å². The Morgan fingerprint density at radius 3 is 1.87 bits per heavy atom. The van der Waals surface area contributed by atoms with E-state index in [0.29, 0.717) is 17.8 Å². The number of carboxylic acid groups (broad SMARTS) is 1. The number of hydrogen-bond donors (Lipinski definition) is 1. The Hall–Kier alpha value is -1.45. The molecule has 23 heavy (non-hydrogen) atoms. The van der Waals surface area contributed by atoms with Gasteiger partial charge in [-0.05, 0) is 24.3 Å². The number of thioether (sulfide) groups is 1. The van der Waals surface area contributed by atoms with Crippen LogP contribution in [0.2, 0.25) is 0 Å². The number of benzene rings is 1. The molecule has 0 radical (unpaired) electrons. The van der Waals surface area contributed by atoms with Crippen LogP contribution in [-0.4, -0.2) is 29.7 Å². The first kappa shape index (κ1) is 19.6. The van der Waals surface area contributed by atoms with Gasteiger partial charge in [0.05, 0.1) is 5.56 Å². The van der Waals surface area contributed by atoms with Gasteiger partial charge in [0.2, 0.25) is 0 Å². The zero-order valence-corrected chi connectivity index (χ0v) is 12.6. The lowest BCUT2D eigenvalue weighted by Gasteiger charge is -2.32. The Labute approximate surface area is 130 Å². The molecule has 0 aliphatic heterocycles. The highest BCUT2D eigenvalue weighted by atomic mass is 32.2. The largest absolute Gasteiger partial charge is 0.478 e. The first-order valence-electron chi connectivity index (χ1n) is 6.08. The third kappa shape index (κ3) is 3.13. The standard InChI is InChI=1S/C13H11F7O2S/c1-3-6-7(10(21)22)4-5-8(9(6)23-2)11(14,12(15,16)17)13(18,19)20/h4-5H,3H2,1-2H3,(H,21,22). The second kappa shape index (κ2) is 6.21. The molecule has 1 N–H and O–H groups in total. The average Bonchev–Trinajstić information content (AvgIpc) is 2.41. The zero-order valence-electron chi connectivity index (χ0n) is 11.8. The van der Waals surface area contributed by atoms with Gasteiger partial charge in [-0.3, -0.25) is 0 Å². The number of halogens is 7. The number of rotatable bonds is 4. The fourth-order valence-electron chi connectivity index (χ4n) is 2.15. The number of aromatic carboxylic acids is 1. The SMILES string of the molecule is CCc1c(C(=O)O)ccc(C(F)(C(F)(F)F)C(F)(F)F)c1SC. The van der Waals surface area contributed by atoms with E-state index in [1.54, 1.807) is 0 Å². The van der Waals surface area contributed by atoms with Crippen molar-refractivity contribution in [2.75, 3.05) is 6.26 Å². The maximum Gasteiger partial charge on any atom is 0.435 e. The van der Waals surface area contributed by atoms with Gasteiger partial charge < -0.3 is 5.11 Å². The van der Waals surface area contributed by atoms with E-state index in [2.05, 4.69) is 0 Å². The first-order chi connectivity index (χ1) is 10.3. The summed E-state index contributed by atoms with van der Waals surface area (Å²) in [6, 6.07) is 0.789. The number of alkyl halides is 7. The average molecular weight is 364 g/mol. The summed E-state index contributed by atoms with van der Waals surface area (Å²) < 4.78 is 91.5. The lowest BCUT2D eigenvalue weighted by molar-refractivity contribution is -0.349. The van der Waals surface area contributed by atoms with Crippen LogP contribution in [0.5, 0.6) is 0 Å². The summed E-state index contributed by atoms with van der Waals surface area (Å²) in [7, 11) is 0. The highest BCUT2D eigenvalue weighted by Crippen LogP contribution is 2.55. The lowest BCUT2D eigenvalue weighted by atomic mass is 9.90. The van der Waals surface area contributed by atoms with Crippen molar-refractivity contribution in [3.8, 4) is 0 Å². The van der Waals surface area contributed by atoms with E-state index in [0.717, 1.165) is 6.26 Å². The van der Waals surface area contributed by atoms with Gasteiger partial charge in [-0.2, -0.15) is 26.3 Å². The summed E-state index contributed by atoms with van der Waals surface area (Å²) in [4.78, 5) is 10.4. The second-order valence-electron chi connectivity index (χ2n) is 4.49. The van der Waals surface area contributed by atoms with Crippen molar-refractivity contribution >= 4 is 17.7 Å². The second-order valence-corrected chi connectivity index (χ2v) is 5.30. The Morgan fingerprint density at radius 1 is 1.09 bits per heavy atom. The molecule has 10 heteroatoms. The molecule has 0 fully saturated rings. The van der Waals surface area contributed by atoms with Gasteiger partial charge in [-0.15, -0.1) is 11.8 Å². The molecule has 1 rings (SSSR count). The molecular weight excluding hydrogens is 353 g/mol. The third-order valence-electron chi connectivity index (χ3n) is 3.20. The van der Waals surface area contributed by atoms with E-state index < -0.39 is 40.0 Å². The van der Waals surface area contributed by atoms with Crippen molar-refractivity contribution in [3.63, 3.8) is 0 Å². The molecule has 0 aromatic heterocycles. The molecule has 0 saturated heterocycles. The Bertz CT molecular complexity index is 594. The molecule has 0 spiro atoms. The molecule has 0 aliphatic carbocycles. The van der Waals surface area contributed by atoms with Gasteiger partial charge in [-0.1, -0.05) is 13.0 Å². The lowest BCUT2D eigenvalue weighted by Crippen LogP contribution is -2.50. The van der Waals surface area contributed by atoms with Gasteiger partial charge in [0.15, 0.2) is 0 Å². The van der Waals surface area contributed by atoms with Crippen molar-refractivity contribution in [1.29, 1.82) is 0 Å². The van der Waals surface area contributed by atoms with E-state index in [9.17, 15) is 35.5 Å². The molecule has 0 bridgehead atoms. The van der Waals surface area contributed by atoms with E-state index >= 15 is 0 Å². The molecular formula is C13H11F7O2S. The van der Waals surface area contributed by atoms with Crippen molar-refractivity contribution in [1.82, 2.24) is 0 Å². The quantitative estimate of drug-likeness (QED) is 0.606. The minimum absolute atomic E-state index is 0.169. The summed E-state index contributed by atoms with van der Waals surface area (Å²) in [6.07, 6.45) is -11.5. The van der Waals surface area contributed by atoms with Gasteiger partial charge in [0.25, 0.3) is 0 Å². The van der Waals surface area contributed by atoms with E-state index in [-0.39, 0.29) is 18.1 Å². The van der Waals surface area contributed by atoms with Crippen LogP contribution in [0.15, 0.2) is 17.0 Å². The normalized spacial score (nSPS) is 13.3. The number of carboxylic acids is 1. The molecule has 0 saturated carbocycles. The van der Waals surface area contributed by atoms with Gasteiger partial charge in [0, 0.05) is 10.5 Å². The minimum Gasteiger partial charge on any atom is -0.478 e. The predicted molar refractivity (Wildman–Crippen MR) is 69.5 cm³/mol. The fraction of sp³-hybridized carbons (Fsp3) is 0.462. The predicted octanol–water partition coefficient (Wildman–Crippen LogP) is 4.96. The van der Waals surface area contributed by atoms with Gasteiger partial charge in [-0.25, -0.2) is 9.18 Å². The Morgan fingerprint density at radius 2 is 1.57 bits per heavy atom. The Kier molecular flexibility index (Phi) is 5.30. The van der Waals surface area contributed by atoms with Crippen LogP contribution < -0.4 is 0 Å². The molecule has 130 valence electrons. The summed E-state index contributed by atoms with van der Waals surface area (Å²) in [6.45, 7) is 1.35. The van der Waals surface area contributed by atoms with Crippen molar-refractivity contribution < 1.29 is 40.6 Å². The molecule has 2 nitrogen and oxygen atoms in total. The van der Waals surface area contributed by atoms with Crippen molar-refractivity contribution in [2.45, 2.75) is 36.3 Å². The van der Waals surface area contributed by atoms with Crippen molar-refractivity contribution in [2.24, 2.45) is 0 Å². The molecule has 0 atom stereocenters. The number of hydrogen-bond acceptors (Lipinski definition) is 2. The molecule has 1 aromatic carbocycles. The van der Waals surface area contributed by atoms with E-state index in [1.165, 1.54) is 6.92 Å². The van der Waals surface area contributed by atoms with Crippen LogP contribution in [0.25, 0.3) is 0 Å². The first-order valence-corrected chi connectivity index (χ1v) is 7.31. The van der Waals surface area contributed by atoms with Crippen LogP contribution in [0.4, 0.5) is 30.7 Å². The van der Waals surface area contributed by atoms with Gasteiger partial charge >= 0.3 is 24.0 Å². The maximum absolute atomic E-state index is 14.2. The summed E-state index contributed by atoms with van der Waals surface area (Å²) in [5.74, 6) is -1.52. The van der Waals surface area contributed by atoms with Crippen molar-refractivity contribution in [3.05, 3.63) is 28.8 Å². The highest BCUT2D eigenvalue weighted by molar-refractivity contribution is 7.98. The summed E-state index contributed by atoms with van der Waals surface area (Å²) in [5, 5.41) is 8.98. The number of carbonyl (C=O) groups is 1.